The Labute approximate surface area is 107 Å². The number of urea groups is 1. The Bertz CT molecular complexity index is 377. The van der Waals surface area contributed by atoms with Crippen molar-refractivity contribution >= 4 is 6.03 Å². The van der Waals surface area contributed by atoms with Crippen molar-refractivity contribution in [3.05, 3.63) is 30.1 Å². The first-order chi connectivity index (χ1) is 8.75. The van der Waals surface area contributed by atoms with E-state index in [1.54, 1.807) is 17.3 Å². The Balaban J connectivity index is 1.73. The summed E-state index contributed by atoms with van der Waals surface area (Å²) in [5.41, 5.74) is 1.19. The van der Waals surface area contributed by atoms with Crippen LogP contribution >= 0.6 is 0 Å². The van der Waals surface area contributed by atoms with E-state index >= 15 is 0 Å². The van der Waals surface area contributed by atoms with E-state index in [4.69, 9.17) is 4.74 Å². The maximum absolute atomic E-state index is 11.9. The van der Waals surface area contributed by atoms with Crippen molar-refractivity contribution in [2.24, 2.45) is 0 Å². The van der Waals surface area contributed by atoms with E-state index in [9.17, 15) is 4.79 Å². The summed E-state index contributed by atoms with van der Waals surface area (Å²) in [6.07, 6.45) is 5.29. The zero-order valence-corrected chi connectivity index (χ0v) is 10.6. The molecule has 1 unspecified atom stereocenters. The zero-order valence-electron chi connectivity index (χ0n) is 10.6. The molecule has 5 nitrogen and oxygen atoms in total. The van der Waals surface area contributed by atoms with Crippen LogP contribution in [0.4, 0.5) is 4.79 Å². The summed E-state index contributed by atoms with van der Waals surface area (Å²) in [5.74, 6) is 0. The lowest BCUT2D eigenvalue weighted by Gasteiger charge is -2.20. The van der Waals surface area contributed by atoms with Crippen molar-refractivity contribution in [3.63, 3.8) is 0 Å². The first kappa shape index (κ1) is 12.8. The molecule has 2 amide bonds. The Morgan fingerprint density at radius 1 is 1.56 bits per heavy atom. The van der Waals surface area contributed by atoms with Gasteiger partial charge in [-0.1, -0.05) is 0 Å². The summed E-state index contributed by atoms with van der Waals surface area (Å²) in [6, 6.07) is 4.08. The molecule has 5 heteroatoms. The molecule has 18 heavy (non-hydrogen) atoms. The van der Waals surface area contributed by atoms with Crippen LogP contribution < -0.4 is 5.32 Å². The molecule has 98 valence electrons. The van der Waals surface area contributed by atoms with Gasteiger partial charge in [0, 0.05) is 32.6 Å². The number of hydrogen-bond acceptors (Lipinski definition) is 3. The Morgan fingerprint density at radius 3 is 3.00 bits per heavy atom. The first-order valence-electron chi connectivity index (χ1n) is 6.24. The number of nitrogens with zero attached hydrogens (tertiary/aromatic N) is 2. The number of pyridine rings is 1. The molecular weight excluding hydrogens is 230 g/mol. The van der Waals surface area contributed by atoms with Gasteiger partial charge in [-0.05, 0) is 30.5 Å². The lowest BCUT2D eigenvalue weighted by atomic mass is 10.2. The molecule has 1 aliphatic rings. The van der Waals surface area contributed by atoms with Crippen LogP contribution in [0.15, 0.2) is 24.5 Å². The Morgan fingerprint density at radius 2 is 2.33 bits per heavy atom. The second-order valence-electron chi connectivity index (χ2n) is 4.54. The summed E-state index contributed by atoms with van der Waals surface area (Å²) in [5, 5.41) is 2.96. The fourth-order valence-electron chi connectivity index (χ4n) is 1.88. The SMILES string of the molecule is CN(CCc1ccncc1)C(=O)NC1CCOC1. The molecule has 1 aromatic heterocycles. The molecule has 2 rings (SSSR count). The van der Waals surface area contributed by atoms with E-state index in [2.05, 4.69) is 10.3 Å². The molecular formula is C13H19N3O2. The van der Waals surface area contributed by atoms with Crippen LogP contribution in [-0.2, 0) is 11.2 Å². The van der Waals surface area contributed by atoms with Gasteiger partial charge in [-0.25, -0.2) is 4.79 Å². The highest BCUT2D eigenvalue weighted by Crippen LogP contribution is 2.04. The monoisotopic (exact) mass is 249 g/mol. The smallest absolute Gasteiger partial charge is 0.317 e. The third-order valence-corrected chi connectivity index (χ3v) is 3.09. The minimum Gasteiger partial charge on any atom is -0.379 e. The van der Waals surface area contributed by atoms with Crippen molar-refractivity contribution < 1.29 is 9.53 Å². The van der Waals surface area contributed by atoms with Crippen molar-refractivity contribution in [1.29, 1.82) is 0 Å². The summed E-state index contributed by atoms with van der Waals surface area (Å²) in [4.78, 5) is 17.5. The molecule has 1 atom stereocenters. The van der Waals surface area contributed by atoms with Crippen molar-refractivity contribution in [1.82, 2.24) is 15.2 Å². The lowest BCUT2D eigenvalue weighted by Crippen LogP contribution is -2.44. The number of nitrogens with one attached hydrogen (secondary N) is 1. The quantitative estimate of drug-likeness (QED) is 0.868. The second-order valence-corrected chi connectivity index (χ2v) is 4.54. The highest BCUT2D eigenvalue weighted by molar-refractivity contribution is 5.74. The molecule has 1 saturated heterocycles. The average Bonchev–Trinajstić information content (AvgIpc) is 2.90. The van der Waals surface area contributed by atoms with Gasteiger partial charge in [0.2, 0.25) is 0 Å². The van der Waals surface area contributed by atoms with Gasteiger partial charge in [-0.2, -0.15) is 0 Å². The van der Waals surface area contributed by atoms with Crippen molar-refractivity contribution in [3.8, 4) is 0 Å². The number of carbonyl (C=O) groups is 1. The lowest BCUT2D eigenvalue weighted by molar-refractivity contribution is 0.182. The number of ether oxygens (including phenoxy) is 1. The zero-order chi connectivity index (χ0) is 12.8. The van der Waals surface area contributed by atoms with E-state index in [0.29, 0.717) is 13.2 Å². The molecule has 1 aliphatic heterocycles. The minimum atomic E-state index is -0.0282. The fraction of sp³-hybridized carbons (Fsp3) is 0.538. The molecule has 2 heterocycles. The summed E-state index contributed by atoms with van der Waals surface area (Å²) in [6.45, 7) is 2.07. The van der Waals surface area contributed by atoms with Crippen LogP contribution in [0.3, 0.4) is 0 Å². The van der Waals surface area contributed by atoms with Gasteiger partial charge in [-0.3, -0.25) is 4.98 Å². The highest BCUT2D eigenvalue weighted by Gasteiger charge is 2.19. The number of likely N-dealkylation sites (N-methyl/N-ethyl adjacent to an activating group) is 1. The van der Waals surface area contributed by atoms with Crippen LogP contribution in [0.5, 0.6) is 0 Å². The fourth-order valence-corrected chi connectivity index (χ4v) is 1.88. The first-order valence-corrected chi connectivity index (χ1v) is 6.24. The van der Waals surface area contributed by atoms with Gasteiger partial charge in [0.25, 0.3) is 0 Å². The molecule has 1 aromatic rings. The minimum absolute atomic E-state index is 0.0282. The van der Waals surface area contributed by atoms with Crippen LogP contribution in [0.25, 0.3) is 0 Å². The standard InChI is InChI=1S/C13H19N3O2/c1-16(8-4-11-2-6-14-7-3-11)13(17)15-12-5-9-18-10-12/h2-3,6-7,12H,4-5,8-10H2,1H3,(H,15,17). The van der Waals surface area contributed by atoms with Gasteiger partial charge >= 0.3 is 6.03 Å². The molecule has 1 fully saturated rings. The van der Waals surface area contributed by atoms with E-state index in [1.165, 1.54) is 5.56 Å². The van der Waals surface area contributed by atoms with Crippen LogP contribution in [0.2, 0.25) is 0 Å². The van der Waals surface area contributed by atoms with Crippen LogP contribution in [0, 0.1) is 0 Å². The second kappa shape index (κ2) is 6.35. The molecule has 0 aromatic carbocycles. The molecule has 0 saturated carbocycles. The van der Waals surface area contributed by atoms with E-state index in [0.717, 1.165) is 19.4 Å². The number of rotatable bonds is 4. The molecule has 0 spiro atoms. The predicted molar refractivity (Wildman–Crippen MR) is 68.3 cm³/mol. The van der Waals surface area contributed by atoms with Gasteiger partial charge in [-0.15, -0.1) is 0 Å². The molecule has 0 aliphatic carbocycles. The third kappa shape index (κ3) is 3.70. The van der Waals surface area contributed by atoms with Gasteiger partial charge < -0.3 is 15.0 Å². The number of aromatic nitrogens is 1. The largest absolute Gasteiger partial charge is 0.379 e. The van der Waals surface area contributed by atoms with Crippen LogP contribution in [0.1, 0.15) is 12.0 Å². The average molecular weight is 249 g/mol. The third-order valence-electron chi connectivity index (χ3n) is 3.09. The van der Waals surface area contributed by atoms with Gasteiger partial charge in [0.1, 0.15) is 0 Å². The highest BCUT2D eigenvalue weighted by atomic mass is 16.5. The normalized spacial score (nSPS) is 18.6. The maximum Gasteiger partial charge on any atom is 0.317 e. The van der Waals surface area contributed by atoms with E-state index in [-0.39, 0.29) is 12.1 Å². The summed E-state index contributed by atoms with van der Waals surface area (Å²) in [7, 11) is 1.81. The number of hydrogen-bond donors (Lipinski definition) is 1. The van der Waals surface area contributed by atoms with Gasteiger partial charge in [0.15, 0.2) is 0 Å². The van der Waals surface area contributed by atoms with Crippen LogP contribution in [-0.4, -0.2) is 48.8 Å². The molecule has 0 radical (unpaired) electrons. The summed E-state index contributed by atoms with van der Waals surface area (Å²) >= 11 is 0. The Hall–Kier alpha value is -1.62. The molecule has 1 N–H and O–H groups in total. The molecule has 0 bridgehead atoms. The van der Waals surface area contributed by atoms with E-state index in [1.807, 2.05) is 19.2 Å². The van der Waals surface area contributed by atoms with Crippen molar-refractivity contribution in [2.45, 2.75) is 18.9 Å². The van der Waals surface area contributed by atoms with Crippen molar-refractivity contribution in [2.75, 3.05) is 26.8 Å². The number of carbonyl (C=O) groups excluding carboxylic acids is 1. The maximum atomic E-state index is 11.9. The predicted octanol–water partition coefficient (Wildman–Crippen LogP) is 1.05. The Kier molecular flexibility index (Phi) is 4.52. The summed E-state index contributed by atoms with van der Waals surface area (Å²) < 4.78 is 5.23. The number of amides is 2. The topological polar surface area (TPSA) is 54.5 Å². The van der Waals surface area contributed by atoms with E-state index < -0.39 is 0 Å². The van der Waals surface area contributed by atoms with Gasteiger partial charge in [0.05, 0.1) is 12.6 Å².